The molecule has 0 aromatic heterocycles. The molecule has 1 aromatic carbocycles. The number of likely N-dealkylation sites (tertiary alicyclic amines) is 1. The number of hydrogen-bond acceptors (Lipinski definition) is 4. The molecule has 0 amide bonds. The molecule has 4 nitrogen and oxygen atoms in total. The number of nitrogens with two attached hydrogens (primary N) is 1. The summed E-state index contributed by atoms with van der Waals surface area (Å²) in [6.07, 6.45) is 8.69. The fourth-order valence-electron chi connectivity index (χ4n) is 8.31. The molecule has 4 aliphatic carbocycles. The quantitative estimate of drug-likeness (QED) is 0.893. The van der Waals surface area contributed by atoms with Gasteiger partial charge in [-0.1, -0.05) is 6.07 Å². The summed E-state index contributed by atoms with van der Waals surface area (Å²) in [7, 11) is 1.78. The average Bonchev–Trinajstić information content (AvgIpc) is 3.44. The molecule has 3 aliphatic heterocycles. The third kappa shape index (κ3) is 1.69. The first-order valence-electron chi connectivity index (χ1n) is 10.9. The summed E-state index contributed by atoms with van der Waals surface area (Å²) in [5.74, 6) is 1.93. The molecule has 8 rings (SSSR count). The maximum absolute atomic E-state index is 6.88. The van der Waals surface area contributed by atoms with Gasteiger partial charge in [0, 0.05) is 35.5 Å². The Labute approximate surface area is 161 Å². The van der Waals surface area contributed by atoms with E-state index in [-0.39, 0.29) is 16.6 Å². The van der Waals surface area contributed by atoms with E-state index in [1.807, 2.05) is 0 Å². The van der Waals surface area contributed by atoms with E-state index in [1.165, 1.54) is 49.9 Å². The number of nitrogens with zero attached hydrogens (tertiary/aromatic N) is 1. The van der Waals surface area contributed by atoms with E-state index in [1.54, 1.807) is 7.11 Å². The van der Waals surface area contributed by atoms with Crippen molar-refractivity contribution in [2.24, 2.45) is 17.1 Å². The SMILES string of the molecule is COc1ccc2c(c1)[C@@]13CC4(N)CC[C@@]1(OC4)[C@@H]1N(CC4CC4)CC1(C2)C3. The van der Waals surface area contributed by atoms with Crippen molar-refractivity contribution in [2.45, 2.75) is 67.5 Å². The van der Waals surface area contributed by atoms with Gasteiger partial charge in [0.15, 0.2) is 0 Å². The summed E-state index contributed by atoms with van der Waals surface area (Å²) in [4.78, 5) is 2.82. The van der Waals surface area contributed by atoms with Crippen LogP contribution in [0, 0.1) is 11.3 Å². The lowest BCUT2D eigenvalue weighted by molar-refractivity contribution is -0.234. The summed E-state index contributed by atoms with van der Waals surface area (Å²) in [5, 5.41) is 0. The maximum atomic E-state index is 6.88. The molecule has 1 aromatic rings. The highest BCUT2D eigenvalue weighted by molar-refractivity contribution is 5.53. The molecular weight excluding hydrogens is 336 g/mol. The average molecular weight is 367 g/mol. The van der Waals surface area contributed by atoms with E-state index in [0.29, 0.717) is 11.5 Å². The van der Waals surface area contributed by atoms with Gasteiger partial charge in [0.2, 0.25) is 0 Å². The van der Waals surface area contributed by atoms with Gasteiger partial charge < -0.3 is 15.2 Å². The second-order valence-corrected chi connectivity index (χ2v) is 10.8. The van der Waals surface area contributed by atoms with Gasteiger partial charge in [-0.3, -0.25) is 4.90 Å². The zero-order chi connectivity index (χ0) is 18.1. The predicted molar refractivity (Wildman–Crippen MR) is 103 cm³/mol. The van der Waals surface area contributed by atoms with E-state index in [9.17, 15) is 0 Å². The van der Waals surface area contributed by atoms with E-state index >= 15 is 0 Å². The van der Waals surface area contributed by atoms with Crippen LogP contribution < -0.4 is 10.5 Å². The van der Waals surface area contributed by atoms with Crippen LogP contribution >= 0.6 is 0 Å². The molecule has 3 saturated carbocycles. The molecule has 2 N–H and O–H groups in total. The largest absolute Gasteiger partial charge is 0.497 e. The number of ether oxygens (including phenoxy) is 2. The normalized spacial score (nSPS) is 49.2. The summed E-state index contributed by atoms with van der Waals surface area (Å²) in [6.45, 7) is 3.31. The highest BCUT2D eigenvalue weighted by Crippen LogP contribution is 2.75. The molecule has 4 bridgehead atoms. The fraction of sp³-hybridized carbons (Fsp3) is 0.739. The Morgan fingerprint density at radius 2 is 2.15 bits per heavy atom. The highest BCUT2D eigenvalue weighted by atomic mass is 16.5. The van der Waals surface area contributed by atoms with Crippen LogP contribution in [0.25, 0.3) is 0 Å². The second-order valence-electron chi connectivity index (χ2n) is 10.8. The lowest BCUT2D eigenvalue weighted by atomic mass is 9.53. The van der Waals surface area contributed by atoms with Crippen molar-refractivity contribution in [1.82, 2.24) is 4.90 Å². The molecule has 4 heteroatoms. The van der Waals surface area contributed by atoms with Crippen molar-refractivity contribution in [3.63, 3.8) is 0 Å². The summed E-state index contributed by atoms with van der Waals surface area (Å²) >= 11 is 0. The zero-order valence-electron chi connectivity index (χ0n) is 16.3. The highest BCUT2D eigenvalue weighted by Gasteiger charge is 2.81. The molecule has 3 saturated heterocycles. The Bertz CT molecular complexity index is 841. The first kappa shape index (κ1) is 15.8. The number of fused-ring (bicyclic) bond motifs is 3. The van der Waals surface area contributed by atoms with Crippen LogP contribution in [0.4, 0.5) is 0 Å². The van der Waals surface area contributed by atoms with Crippen molar-refractivity contribution < 1.29 is 9.47 Å². The van der Waals surface area contributed by atoms with Crippen molar-refractivity contribution >= 4 is 0 Å². The third-order valence-corrected chi connectivity index (χ3v) is 9.20. The molecule has 6 fully saturated rings. The van der Waals surface area contributed by atoms with E-state index in [2.05, 4.69) is 23.1 Å². The Morgan fingerprint density at radius 1 is 1.26 bits per heavy atom. The fourth-order valence-corrected chi connectivity index (χ4v) is 8.31. The van der Waals surface area contributed by atoms with Crippen LogP contribution in [-0.4, -0.2) is 48.9 Å². The number of hydrogen-bond donors (Lipinski definition) is 1. The monoisotopic (exact) mass is 366 g/mol. The van der Waals surface area contributed by atoms with Crippen LogP contribution in [0.5, 0.6) is 5.75 Å². The van der Waals surface area contributed by atoms with E-state index in [0.717, 1.165) is 37.5 Å². The van der Waals surface area contributed by atoms with Gasteiger partial charge in [-0.25, -0.2) is 0 Å². The molecule has 3 spiro atoms. The molecule has 3 heterocycles. The van der Waals surface area contributed by atoms with Gasteiger partial charge in [-0.15, -0.1) is 0 Å². The minimum atomic E-state index is -0.147. The molecule has 0 radical (unpaired) electrons. The Morgan fingerprint density at radius 3 is 2.89 bits per heavy atom. The van der Waals surface area contributed by atoms with Gasteiger partial charge in [0.1, 0.15) is 5.75 Å². The molecular formula is C23H30N2O2. The summed E-state index contributed by atoms with van der Waals surface area (Å²) < 4.78 is 12.5. The first-order valence-corrected chi connectivity index (χ1v) is 10.9. The lowest BCUT2D eigenvalue weighted by Crippen LogP contribution is -2.76. The van der Waals surface area contributed by atoms with E-state index < -0.39 is 0 Å². The Kier molecular flexibility index (Phi) is 2.66. The van der Waals surface area contributed by atoms with Gasteiger partial charge >= 0.3 is 0 Å². The Hall–Kier alpha value is -1.10. The second kappa shape index (κ2) is 4.55. The van der Waals surface area contributed by atoms with E-state index in [4.69, 9.17) is 15.2 Å². The van der Waals surface area contributed by atoms with Crippen LogP contribution in [0.1, 0.15) is 49.7 Å². The van der Waals surface area contributed by atoms with Crippen LogP contribution in [0.15, 0.2) is 18.2 Å². The van der Waals surface area contributed by atoms with Crippen molar-refractivity contribution in [2.75, 3.05) is 26.8 Å². The van der Waals surface area contributed by atoms with Crippen LogP contribution in [0.3, 0.4) is 0 Å². The number of methoxy groups -OCH3 is 1. The van der Waals surface area contributed by atoms with Gasteiger partial charge in [-0.2, -0.15) is 0 Å². The molecule has 27 heavy (non-hydrogen) atoms. The van der Waals surface area contributed by atoms with Crippen LogP contribution in [0.2, 0.25) is 0 Å². The van der Waals surface area contributed by atoms with Crippen molar-refractivity contribution in [3.05, 3.63) is 29.3 Å². The molecule has 7 aliphatic rings. The third-order valence-electron chi connectivity index (χ3n) is 9.20. The van der Waals surface area contributed by atoms with Crippen molar-refractivity contribution in [1.29, 1.82) is 0 Å². The number of rotatable bonds is 3. The van der Waals surface area contributed by atoms with Crippen LogP contribution in [-0.2, 0) is 16.6 Å². The zero-order valence-corrected chi connectivity index (χ0v) is 16.3. The standard InChI is InChI=1S/C23H30N2O2/c1-26-17-5-4-16-9-20-11-22(18(16)8-17)12-21(24)6-7-23(22,27-14-21)19(20)25(13-20)10-15-2-3-15/h4-5,8,15,19H,2-3,6-7,9-14,24H2,1H3/t19-,20?,21?,22-,23-/m1/s1. The first-order chi connectivity index (χ1) is 13.0. The minimum Gasteiger partial charge on any atom is -0.497 e. The van der Waals surface area contributed by atoms with Gasteiger partial charge in [-0.05, 0) is 74.1 Å². The summed E-state index contributed by atoms with van der Waals surface area (Å²) in [6, 6.07) is 7.41. The molecule has 2 unspecified atom stereocenters. The molecule has 5 atom stereocenters. The van der Waals surface area contributed by atoms with Crippen molar-refractivity contribution in [3.8, 4) is 5.75 Å². The topological polar surface area (TPSA) is 47.7 Å². The van der Waals surface area contributed by atoms with Gasteiger partial charge in [0.05, 0.1) is 19.3 Å². The maximum Gasteiger partial charge on any atom is 0.119 e. The smallest absolute Gasteiger partial charge is 0.119 e. The molecule has 144 valence electrons. The minimum absolute atomic E-state index is 0.0289. The van der Waals surface area contributed by atoms with Gasteiger partial charge in [0.25, 0.3) is 0 Å². The predicted octanol–water partition coefficient (Wildman–Crippen LogP) is 2.62. The lowest BCUT2D eigenvalue weighted by Gasteiger charge is -2.64. The number of benzene rings is 1. The summed E-state index contributed by atoms with van der Waals surface area (Å²) in [5.41, 5.74) is 10.2. The Balaban J connectivity index is 1.43.